The monoisotopic (exact) mass is 411 g/mol. The lowest BCUT2D eigenvalue weighted by atomic mass is 9.96. The summed E-state index contributed by atoms with van der Waals surface area (Å²) in [6.45, 7) is 4.55. The number of esters is 1. The number of hydrogen-bond donors (Lipinski definition) is 0. The van der Waals surface area contributed by atoms with E-state index in [0.717, 1.165) is 0 Å². The predicted molar refractivity (Wildman–Crippen MR) is 90.2 cm³/mol. The standard InChI is InChI=1S/C19H23F6NO2/c1-16(2,3)28-15(27)17(26(4)11-12-8-6-5-7-9-12)10-13(17)14(18(20,21)22)19(23,24)25/h5-9,13-14H,10-11H2,1-4H3. The number of rotatable bonds is 5. The third kappa shape index (κ3) is 4.79. The number of ether oxygens (including phenoxy) is 1. The van der Waals surface area contributed by atoms with Gasteiger partial charge >= 0.3 is 18.3 Å². The Balaban J connectivity index is 2.40. The lowest BCUT2D eigenvalue weighted by Crippen LogP contribution is -2.50. The van der Waals surface area contributed by atoms with Crippen LogP contribution in [0.4, 0.5) is 26.3 Å². The second kappa shape index (κ2) is 7.24. The predicted octanol–water partition coefficient (Wildman–Crippen LogP) is 4.96. The first-order valence-electron chi connectivity index (χ1n) is 8.71. The molecule has 2 atom stereocenters. The van der Waals surface area contributed by atoms with Crippen molar-refractivity contribution >= 4 is 5.97 Å². The van der Waals surface area contributed by atoms with E-state index in [0.29, 0.717) is 5.56 Å². The first kappa shape index (κ1) is 22.5. The van der Waals surface area contributed by atoms with Gasteiger partial charge in [0.2, 0.25) is 0 Å². The molecule has 0 radical (unpaired) electrons. The van der Waals surface area contributed by atoms with E-state index in [1.807, 2.05) is 0 Å². The van der Waals surface area contributed by atoms with E-state index in [1.165, 1.54) is 32.7 Å². The van der Waals surface area contributed by atoms with Gasteiger partial charge in [-0.3, -0.25) is 9.69 Å². The lowest BCUT2D eigenvalue weighted by molar-refractivity contribution is -0.292. The fourth-order valence-electron chi connectivity index (χ4n) is 3.51. The maximum absolute atomic E-state index is 13.3. The maximum atomic E-state index is 13.3. The van der Waals surface area contributed by atoms with Crippen LogP contribution in [-0.4, -0.2) is 41.4 Å². The molecule has 0 amide bonds. The first-order chi connectivity index (χ1) is 12.6. The van der Waals surface area contributed by atoms with E-state index in [2.05, 4.69) is 0 Å². The van der Waals surface area contributed by atoms with Gasteiger partial charge in [0.1, 0.15) is 11.1 Å². The average Bonchev–Trinajstić information content (AvgIpc) is 3.19. The van der Waals surface area contributed by atoms with Crippen molar-refractivity contribution < 1.29 is 35.9 Å². The van der Waals surface area contributed by atoms with Crippen LogP contribution in [-0.2, 0) is 16.1 Å². The molecular weight excluding hydrogens is 388 g/mol. The zero-order valence-corrected chi connectivity index (χ0v) is 16.0. The fraction of sp³-hybridized carbons (Fsp3) is 0.632. The molecule has 0 saturated heterocycles. The summed E-state index contributed by atoms with van der Waals surface area (Å²) in [4.78, 5) is 14.0. The Morgan fingerprint density at radius 2 is 1.61 bits per heavy atom. The van der Waals surface area contributed by atoms with E-state index >= 15 is 0 Å². The van der Waals surface area contributed by atoms with Crippen molar-refractivity contribution in [3.63, 3.8) is 0 Å². The van der Waals surface area contributed by atoms with Crippen molar-refractivity contribution in [2.45, 2.75) is 57.2 Å². The Bertz CT molecular complexity index is 681. The van der Waals surface area contributed by atoms with Crippen molar-refractivity contribution in [2.75, 3.05) is 7.05 Å². The van der Waals surface area contributed by atoms with Crippen LogP contribution < -0.4 is 0 Å². The van der Waals surface area contributed by atoms with Gasteiger partial charge in [0.15, 0.2) is 5.92 Å². The van der Waals surface area contributed by atoms with Crippen LogP contribution in [0.2, 0.25) is 0 Å². The molecule has 158 valence electrons. The zero-order chi connectivity index (χ0) is 21.5. The number of benzene rings is 1. The van der Waals surface area contributed by atoms with Crippen molar-refractivity contribution in [2.24, 2.45) is 11.8 Å². The molecule has 1 aromatic carbocycles. The van der Waals surface area contributed by atoms with Gasteiger partial charge in [-0.1, -0.05) is 30.3 Å². The smallest absolute Gasteiger partial charge is 0.400 e. The Labute approximate surface area is 159 Å². The Morgan fingerprint density at radius 3 is 2.04 bits per heavy atom. The molecule has 1 saturated carbocycles. The molecule has 2 rings (SSSR count). The van der Waals surface area contributed by atoms with E-state index < -0.39 is 47.7 Å². The third-order valence-corrected chi connectivity index (χ3v) is 4.79. The van der Waals surface area contributed by atoms with E-state index in [-0.39, 0.29) is 6.54 Å². The van der Waals surface area contributed by atoms with Gasteiger partial charge in [0.05, 0.1) is 0 Å². The van der Waals surface area contributed by atoms with Crippen LogP contribution in [0.25, 0.3) is 0 Å². The zero-order valence-electron chi connectivity index (χ0n) is 16.0. The first-order valence-corrected chi connectivity index (χ1v) is 8.71. The summed E-state index contributed by atoms with van der Waals surface area (Å²) >= 11 is 0. The van der Waals surface area contributed by atoms with Gasteiger partial charge in [-0.05, 0) is 39.8 Å². The van der Waals surface area contributed by atoms with Crippen LogP contribution in [0.15, 0.2) is 30.3 Å². The van der Waals surface area contributed by atoms with Gasteiger partial charge in [-0.2, -0.15) is 26.3 Å². The summed E-state index contributed by atoms with van der Waals surface area (Å²) in [6, 6.07) is 8.49. The molecule has 3 nitrogen and oxygen atoms in total. The van der Waals surface area contributed by atoms with Crippen molar-refractivity contribution in [1.29, 1.82) is 0 Å². The fourth-order valence-corrected chi connectivity index (χ4v) is 3.51. The minimum atomic E-state index is -5.51. The molecule has 1 aromatic rings. The molecule has 1 fully saturated rings. The summed E-state index contributed by atoms with van der Waals surface area (Å²) in [5.41, 5.74) is -2.37. The minimum Gasteiger partial charge on any atom is -0.459 e. The van der Waals surface area contributed by atoms with Crippen molar-refractivity contribution in [3.05, 3.63) is 35.9 Å². The molecule has 9 heteroatoms. The molecule has 0 aromatic heterocycles. The summed E-state index contributed by atoms with van der Waals surface area (Å²) in [6.07, 6.45) is -11.6. The van der Waals surface area contributed by atoms with E-state index in [1.54, 1.807) is 30.3 Å². The van der Waals surface area contributed by atoms with Gasteiger partial charge in [-0.15, -0.1) is 0 Å². The van der Waals surface area contributed by atoms with E-state index in [9.17, 15) is 31.1 Å². The molecule has 0 aliphatic heterocycles. The van der Waals surface area contributed by atoms with Crippen LogP contribution in [0, 0.1) is 11.8 Å². The van der Waals surface area contributed by atoms with Gasteiger partial charge in [0.25, 0.3) is 0 Å². The van der Waals surface area contributed by atoms with Gasteiger partial charge < -0.3 is 4.74 Å². The topological polar surface area (TPSA) is 29.5 Å². The molecule has 0 N–H and O–H groups in total. The number of alkyl halides is 6. The highest BCUT2D eigenvalue weighted by molar-refractivity contribution is 5.85. The van der Waals surface area contributed by atoms with Crippen LogP contribution in [0.5, 0.6) is 0 Å². The largest absolute Gasteiger partial charge is 0.459 e. The molecule has 1 aliphatic carbocycles. The lowest BCUT2D eigenvalue weighted by Gasteiger charge is -2.33. The summed E-state index contributed by atoms with van der Waals surface area (Å²) < 4.78 is 84.7. The second-order valence-electron chi connectivity index (χ2n) is 8.14. The number of nitrogens with zero attached hydrogens (tertiary/aromatic N) is 1. The SMILES string of the molecule is CN(Cc1ccccc1)C1(C(=O)OC(C)(C)C)CC1C(C(F)(F)F)C(F)(F)F. The normalized spacial score (nSPS) is 23.2. The Hall–Kier alpha value is -1.77. The Morgan fingerprint density at radius 1 is 1.11 bits per heavy atom. The van der Waals surface area contributed by atoms with E-state index in [4.69, 9.17) is 4.74 Å². The minimum absolute atomic E-state index is 0.0129. The highest BCUT2D eigenvalue weighted by atomic mass is 19.4. The van der Waals surface area contributed by atoms with Crippen LogP contribution in [0.3, 0.4) is 0 Å². The van der Waals surface area contributed by atoms with Gasteiger partial charge in [0, 0.05) is 12.5 Å². The highest BCUT2D eigenvalue weighted by Crippen LogP contribution is 2.61. The maximum Gasteiger partial charge on any atom is 0.400 e. The number of carbonyl (C=O) groups excluding carboxylic acids is 1. The Kier molecular flexibility index (Phi) is 5.82. The number of halogens is 6. The third-order valence-electron chi connectivity index (χ3n) is 4.79. The quantitative estimate of drug-likeness (QED) is 0.507. The highest BCUT2D eigenvalue weighted by Gasteiger charge is 2.76. The molecule has 0 heterocycles. The summed E-state index contributed by atoms with van der Waals surface area (Å²) in [5.74, 6) is -6.62. The summed E-state index contributed by atoms with van der Waals surface area (Å²) in [7, 11) is 1.35. The number of likely N-dealkylation sites (N-methyl/N-ethyl adjacent to an activating group) is 1. The molecular formula is C19H23F6NO2. The van der Waals surface area contributed by atoms with Crippen molar-refractivity contribution in [1.82, 2.24) is 4.90 Å². The summed E-state index contributed by atoms with van der Waals surface area (Å²) in [5, 5.41) is 0. The molecule has 1 aliphatic rings. The van der Waals surface area contributed by atoms with Crippen LogP contribution >= 0.6 is 0 Å². The number of carbonyl (C=O) groups is 1. The molecule has 0 bridgehead atoms. The molecule has 28 heavy (non-hydrogen) atoms. The molecule has 0 spiro atoms. The molecule has 2 unspecified atom stereocenters. The van der Waals surface area contributed by atoms with Crippen molar-refractivity contribution in [3.8, 4) is 0 Å². The average molecular weight is 411 g/mol. The second-order valence-corrected chi connectivity index (χ2v) is 8.14. The van der Waals surface area contributed by atoms with Gasteiger partial charge in [-0.25, -0.2) is 0 Å². The van der Waals surface area contributed by atoms with Crippen LogP contribution in [0.1, 0.15) is 32.8 Å². The number of hydrogen-bond acceptors (Lipinski definition) is 3.